The van der Waals surface area contributed by atoms with Gasteiger partial charge in [0.05, 0.1) is 12.6 Å². The number of amides is 1. The molecule has 2 aromatic carbocycles. The number of phenols is 2. The minimum Gasteiger partial charge on any atom is -0.507 e. The van der Waals surface area contributed by atoms with Crippen molar-refractivity contribution in [1.29, 1.82) is 0 Å². The van der Waals surface area contributed by atoms with Crippen LogP contribution in [-0.4, -0.2) is 57.6 Å². The number of rotatable bonds is 9. The van der Waals surface area contributed by atoms with Gasteiger partial charge in [-0.05, 0) is 50.1 Å². The molecular weight excluding hydrogens is 410 g/mol. The lowest BCUT2D eigenvalue weighted by Crippen LogP contribution is -2.31. The number of fused-ring (bicyclic) bond motifs is 1. The van der Waals surface area contributed by atoms with Crippen molar-refractivity contribution in [3.63, 3.8) is 0 Å². The SMILES string of the molecule is CCOCCCN1C(=O)c2[nH]nc(-c3ccccc3O)c2[C@H]1c1ccc(O)c(OCC)c1. The summed E-state index contributed by atoms with van der Waals surface area (Å²) < 4.78 is 11.0. The molecule has 168 valence electrons. The molecule has 0 saturated carbocycles. The number of H-pyrrole nitrogens is 1. The second-order valence-corrected chi connectivity index (χ2v) is 7.49. The Morgan fingerprint density at radius 3 is 2.66 bits per heavy atom. The molecule has 8 nitrogen and oxygen atoms in total. The number of aromatic nitrogens is 2. The topological polar surface area (TPSA) is 108 Å². The van der Waals surface area contributed by atoms with Gasteiger partial charge in [0.25, 0.3) is 5.91 Å². The third-order valence-electron chi connectivity index (χ3n) is 5.51. The molecule has 0 fully saturated rings. The smallest absolute Gasteiger partial charge is 0.273 e. The van der Waals surface area contributed by atoms with Gasteiger partial charge in [0.1, 0.15) is 17.1 Å². The minimum absolute atomic E-state index is 0.0381. The average molecular weight is 437 g/mol. The zero-order valence-corrected chi connectivity index (χ0v) is 18.2. The average Bonchev–Trinajstić information content (AvgIpc) is 3.33. The van der Waals surface area contributed by atoms with Crippen molar-refractivity contribution in [3.8, 4) is 28.5 Å². The van der Waals surface area contributed by atoms with E-state index in [1.54, 1.807) is 41.3 Å². The van der Waals surface area contributed by atoms with Gasteiger partial charge in [-0.15, -0.1) is 0 Å². The van der Waals surface area contributed by atoms with Crippen LogP contribution in [0.5, 0.6) is 17.2 Å². The number of benzene rings is 2. The molecule has 1 aromatic heterocycles. The Kier molecular flexibility index (Phi) is 6.32. The van der Waals surface area contributed by atoms with Crippen LogP contribution in [0.2, 0.25) is 0 Å². The quantitative estimate of drug-likeness (QED) is 0.439. The zero-order valence-electron chi connectivity index (χ0n) is 18.2. The Labute approximate surface area is 186 Å². The molecule has 0 spiro atoms. The molecule has 1 atom stereocenters. The van der Waals surface area contributed by atoms with Crippen molar-refractivity contribution in [3.05, 3.63) is 59.3 Å². The number of hydrogen-bond donors (Lipinski definition) is 3. The Hall–Kier alpha value is -3.52. The highest BCUT2D eigenvalue weighted by atomic mass is 16.5. The first kappa shape index (κ1) is 21.7. The van der Waals surface area contributed by atoms with Crippen LogP contribution in [0, 0.1) is 0 Å². The van der Waals surface area contributed by atoms with Gasteiger partial charge in [0.15, 0.2) is 11.5 Å². The fourth-order valence-corrected chi connectivity index (χ4v) is 4.11. The molecule has 1 aliphatic rings. The first-order chi connectivity index (χ1) is 15.6. The van der Waals surface area contributed by atoms with Gasteiger partial charge in [-0.25, -0.2) is 0 Å². The van der Waals surface area contributed by atoms with Crippen molar-refractivity contribution >= 4 is 5.91 Å². The van der Waals surface area contributed by atoms with Crippen molar-refractivity contribution in [2.45, 2.75) is 26.3 Å². The summed E-state index contributed by atoms with van der Waals surface area (Å²) in [5, 5.41) is 27.9. The van der Waals surface area contributed by atoms with Gasteiger partial charge in [0, 0.05) is 30.9 Å². The van der Waals surface area contributed by atoms with E-state index in [1.165, 1.54) is 0 Å². The lowest BCUT2D eigenvalue weighted by Gasteiger charge is -2.27. The monoisotopic (exact) mass is 437 g/mol. The number of nitrogens with one attached hydrogen (secondary N) is 1. The lowest BCUT2D eigenvalue weighted by atomic mass is 9.95. The molecule has 2 heterocycles. The van der Waals surface area contributed by atoms with Gasteiger partial charge in [-0.3, -0.25) is 9.89 Å². The van der Waals surface area contributed by atoms with Crippen molar-refractivity contribution in [2.75, 3.05) is 26.4 Å². The number of carbonyl (C=O) groups excluding carboxylic acids is 1. The molecule has 0 unspecified atom stereocenters. The van der Waals surface area contributed by atoms with E-state index >= 15 is 0 Å². The molecule has 0 aliphatic carbocycles. The fourth-order valence-electron chi connectivity index (χ4n) is 4.11. The summed E-state index contributed by atoms with van der Waals surface area (Å²) >= 11 is 0. The second kappa shape index (κ2) is 9.32. The number of aromatic amines is 1. The van der Waals surface area contributed by atoms with E-state index in [0.717, 1.165) is 5.56 Å². The van der Waals surface area contributed by atoms with Crippen LogP contribution in [0.4, 0.5) is 0 Å². The molecule has 1 amide bonds. The second-order valence-electron chi connectivity index (χ2n) is 7.49. The molecule has 3 N–H and O–H groups in total. The van der Waals surface area contributed by atoms with E-state index in [0.29, 0.717) is 61.1 Å². The first-order valence-corrected chi connectivity index (χ1v) is 10.8. The van der Waals surface area contributed by atoms with E-state index < -0.39 is 6.04 Å². The number of ether oxygens (including phenoxy) is 2. The maximum Gasteiger partial charge on any atom is 0.273 e. The molecule has 8 heteroatoms. The van der Waals surface area contributed by atoms with Gasteiger partial charge >= 0.3 is 0 Å². The predicted molar refractivity (Wildman–Crippen MR) is 119 cm³/mol. The number of aromatic hydroxyl groups is 2. The van der Waals surface area contributed by atoms with Gasteiger partial charge in [-0.1, -0.05) is 18.2 Å². The molecule has 0 saturated heterocycles. The van der Waals surface area contributed by atoms with Crippen molar-refractivity contribution < 1.29 is 24.5 Å². The minimum atomic E-state index is -0.452. The summed E-state index contributed by atoms with van der Waals surface area (Å²) in [7, 11) is 0. The van der Waals surface area contributed by atoms with Crippen LogP contribution >= 0.6 is 0 Å². The van der Waals surface area contributed by atoms with Gasteiger partial charge < -0.3 is 24.6 Å². The number of carbonyl (C=O) groups is 1. The highest BCUT2D eigenvalue weighted by Gasteiger charge is 2.42. The van der Waals surface area contributed by atoms with E-state index in [2.05, 4.69) is 10.2 Å². The summed E-state index contributed by atoms with van der Waals surface area (Å²) in [5.74, 6) is 0.314. The standard InChI is InChI=1S/C24H27N3O5/c1-3-31-13-7-12-27-23(15-10-11-18(29)19(14-15)32-4-2)20-21(25-26-22(20)24(27)30)16-8-5-6-9-17(16)28/h5-6,8-11,14,23,28-29H,3-4,7,12-13H2,1-2H3,(H,25,26)/t23-/m1/s1. The molecule has 1 aliphatic heterocycles. The first-order valence-electron chi connectivity index (χ1n) is 10.8. The molecule has 0 bridgehead atoms. The van der Waals surface area contributed by atoms with Gasteiger partial charge in [-0.2, -0.15) is 5.10 Å². The van der Waals surface area contributed by atoms with Crippen LogP contribution in [0.15, 0.2) is 42.5 Å². The van der Waals surface area contributed by atoms with Crippen LogP contribution in [0.25, 0.3) is 11.3 Å². The molecule has 32 heavy (non-hydrogen) atoms. The maximum atomic E-state index is 13.3. The summed E-state index contributed by atoms with van der Waals surface area (Å²) in [6, 6.07) is 11.6. The number of hydrogen-bond acceptors (Lipinski definition) is 6. The third-order valence-corrected chi connectivity index (χ3v) is 5.51. The Balaban J connectivity index is 1.81. The van der Waals surface area contributed by atoms with Crippen LogP contribution < -0.4 is 4.74 Å². The lowest BCUT2D eigenvalue weighted by molar-refractivity contribution is 0.0710. The Morgan fingerprint density at radius 1 is 1.09 bits per heavy atom. The van der Waals surface area contributed by atoms with Crippen molar-refractivity contribution in [1.82, 2.24) is 15.1 Å². The van der Waals surface area contributed by atoms with E-state index in [1.807, 2.05) is 19.9 Å². The number of nitrogens with zero attached hydrogens (tertiary/aromatic N) is 2. The third kappa shape index (κ3) is 3.89. The molecule has 4 rings (SSSR count). The highest BCUT2D eigenvalue weighted by Crippen LogP contribution is 2.45. The predicted octanol–water partition coefficient (Wildman–Crippen LogP) is 3.86. The van der Waals surface area contributed by atoms with Crippen molar-refractivity contribution in [2.24, 2.45) is 0 Å². The summed E-state index contributed by atoms with van der Waals surface area (Å²) in [5.41, 5.74) is 2.95. The normalized spacial score (nSPS) is 15.2. The largest absolute Gasteiger partial charge is 0.507 e. The summed E-state index contributed by atoms with van der Waals surface area (Å²) in [4.78, 5) is 15.1. The fraction of sp³-hybridized carbons (Fsp3) is 0.333. The van der Waals surface area contributed by atoms with Crippen LogP contribution in [0.3, 0.4) is 0 Å². The summed E-state index contributed by atoms with van der Waals surface area (Å²) in [6.07, 6.45) is 0.677. The van der Waals surface area contributed by atoms with Gasteiger partial charge in [0.2, 0.25) is 0 Å². The maximum absolute atomic E-state index is 13.3. The van der Waals surface area contributed by atoms with E-state index in [9.17, 15) is 15.0 Å². The molecular formula is C24H27N3O5. The summed E-state index contributed by atoms with van der Waals surface area (Å²) in [6.45, 7) is 5.83. The Morgan fingerprint density at radius 2 is 1.91 bits per heavy atom. The number of phenolic OH excluding ortho intramolecular Hbond substituents is 2. The molecule has 0 radical (unpaired) electrons. The number of para-hydroxylation sites is 1. The van der Waals surface area contributed by atoms with Crippen LogP contribution in [0.1, 0.15) is 47.9 Å². The van der Waals surface area contributed by atoms with Crippen LogP contribution in [-0.2, 0) is 4.74 Å². The molecule has 3 aromatic rings. The zero-order chi connectivity index (χ0) is 22.7. The van der Waals surface area contributed by atoms with E-state index in [4.69, 9.17) is 9.47 Å². The van der Waals surface area contributed by atoms with E-state index in [-0.39, 0.29) is 17.4 Å². The Bertz CT molecular complexity index is 1110. The highest BCUT2D eigenvalue weighted by molar-refractivity contribution is 6.00.